The summed E-state index contributed by atoms with van der Waals surface area (Å²) in [7, 11) is 1.64. The summed E-state index contributed by atoms with van der Waals surface area (Å²) < 4.78 is 5.79. The third-order valence-electron chi connectivity index (χ3n) is 3.90. The summed E-state index contributed by atoms with van der Waals surface area (Å²) in [5.41, 5.74) is 1.74. The molecule has 0 unspecified atom stereocenters. The number of pyridine rings is 1. The Labute approximate surface area is 170 Å². The Kier molecular flexibility index (Phi) is 5.15. The molecule has 4 rings (SSSR count). The number of carbonyl (C=O) groups excluding carboxylic acids is 1. The molecule has 134 valence electrons. The molecular weight excluding hydrogens is 396 g/mol. The van der Waals surface area contributed by atoms with E-state index in [2.05, 4.69) is 5.32 Å². The maximum absolute atomic E-state index is 12.1. The van der Waals surface area contributed by atoms with Crippen LogP contribution in [0.1, 0.15) is 5.56 Å². The van der Waals surface area contributed by atoms with Crippen LogP contribution in [-0.2, 0) is 4.79 Å². The van der Waals surface area contributed by atoms with Crippen molar-refractivity contribution in [2.75, 3.05) is 7.11 Å². The molecule has 3 aromatic rings. The smallest absolute Gasteiger partial charge is 0.263 e. The molecule has 0 aliphatic carbocycles. The van der Waals surface area contributed by atoms with E-state index >= 15 is 0 Å². The van der Waals surface area contributed by atoms with Crippen LogP contribution in [0.25, 0.3) is 17.0 Å². The van der Waals surface area contributed by atoms with Crippen LogP contribution in [0.15, 0.2) is 69.4 Å². The minimum Gasteiger partial charge on any atom is -0.497 e. The first-order valence-electron chi connectivity index (χ1n) is 8.09. The van der Waals surface area contributed by atoms with Crippen molar-refractivity contribution in [3.8, 4) is 5.75 Å². The quantitative estimate of drug-likeness (QED) is 0.489. The van der Waals surface area contributed by atoms with E-state index in [-0.39, 0.29) is 5.91 Å². The summed E-state index contributed by atoms with van der Waals surface area (Å²) in [6.45, 7) is 0. The van der Waals surface area contributed by atoms with Crippen molar-refractivity contribution < 1.29 is 9.53 Å². The second kappa shape index (κ2) is 7.72. The molecule has 0 saturated carbocycles. The van der Waals surface area contributed by atoms with E-state index in [1.54, 1.807) is 18.9 Å². The number of hydrogen-bond acceptors (Lipinski definition) is 6. The highest BCUT2D eigenvalue weighted by Gasteiger charge is 2.23. The topological polar surface area (TPSA) is 51.2 Å². The number of benzene rings is 2. The summed E-state index contributed by atoms with van der Waals surface area (Å²) in [5.74, 6) is 0.590. The average molecular weight is 411 g/mol. The van der Waals surface area contributed by atoms with E-state index in [0.29, 0.717) is 9.23 Å². The molecule has 1 aliphatic rings. The van der Waals surface area contributed by atoms with Crippen molar-refractivity contribution in [1.29, 1.82) is 0 Å². The first-order valence-corrected chi connectivity index (χ1v) is 10.1. The number of nitrogens with one attached hydrogen (secondary N) is 1. The highest BCUT2D eigenvalue weighted by Crippen LogP contribution is 2.35. The maximum atomic E-state index is 12.1. The van der Waals surface area contributed by atoms with Gasteiger partial charge in [-0.2, -0.15) is 0 Å². The van der Waals surface area contributed by atoms with E-state index in [1.165, 1.54) is 11.8 Å². The number of nitrogens with zero attached hydrogens (tertiary/aromatic N) is 1. The van der Waals surface area contributed by atoms with Gasteiger partial charge < -0.3 is 10.1 Å². The monoisotopic (exact) mass is 410 g/mol. The van der Waals surface area contributed by atoms with Gasteiger partial charge in [-0.25, -0.2) is 4.98 Å². The maximum Gasteiger partial charge on any atom is 0.263 e. The summed E-state index contributed by atoms with van der Waals surface area (Å²) in [6.07, 6.45) is 1.84. The van der Waals surface area contributed by atoms with Crippen LogP contribution in [0.5, 0.6) is 5.75 Å². The molecule has 27 heavy (non-hydrogen) atoms. The van der Waals surface area contributed by atoms with Gasteiger partial charge in [0.25, 0.3) is 5.91 Å². The zero-order valence-corrected chi connectivity index (χ0v) is 16.7. The molecule has 2 heterocycles. The average Bonchev–Trinajstić information content (AvgIpc) is 2.99. The standard InChI is InChI=1S/C20H14N2O2S3/c1-24-14-7-8-16-12(10-14)9-13(11-17-18(23)22-20(25)27-17)19(21-16)26-15-5-3-2-4-6-15/h2-11H,1H3,(H,22,23,25)/b17-11-. The van der Waals surface area contributed by atoms with E-state index in [0.717, 1.165) is 32.1 Å². The van der Waals surface area contributed by atoms with Gasteiger partial charge in [0.15, 0.2) is 0 Å². The molecule has 1 N–H and O–H groups in total. The predicted molar refractivity (Wildman–Crippen MR) is 115 cm³/mol. The third-order valence-corrected chi connectivity index (χ3v) is 6.09. The van der Waals surface area contributed by atoms with Gasteiger partial charge in [-0.05, 0) is 42.5 Å². The van der Waals surface area contributed by atoms with Gasteiger partial charge in [0, 0.05) is 15.8 Å². The second-order valence-corrected chi connectivity index (χ2v) is 8.49. The van der Waals surface area contributed by atoms with Crippen LogP contribution in [-0.4, -0.2) is 22.3 Å². The Morgan fingerprint density at radius 2 is 2.00 bits per heavy atom. The number of carbonyl (C=O) groups is 1. The van der Waals surface area contributed by atoms with Crippen molar-refractivity contribution in [1.82, 2.24) is 10.3 Å². The molecule has 2 aromatic carbocycles. The molecule has 0 radical (unpaired) electrons. The lowest BCUT2D eigenvalue weighted by molar-refractivity contribution is -0.115. The van der Waals surface area contributed by atoms with E-state index in [4.69, 9.17) is 21.9 Å². The van der Waals surface area contributed by atoms with Crippen molar-refractivity contribution in [2.45, 2.75) is 9.92 Å². The van der Waals surface area contributed by atoms with Crippen LogP contribution < -0.4 is 10.1 Å². The molecule has 0 atom stereocenters. The molecule has 7 heteroatoms. The molecule has 0 spiro atoms. The van der Waals surface area contributed by atoms with Crippen molar-refractivity contribution >= 4 is 62.9 Å². The third kappa shape index (κ3) is 4.00. The molecule has 4 nitrogen and oxygen atoms in total. The van der Waals surface area contributed by atoms with Gasteiger partial charge in [0.1, 0.15) is 15.1 Å². The molecule has 1 aromatic heterocycles. The first-order chi connectivity index (χ1) is 13.1. The Hall–Kier alpha value is -2.35. The Morgan fingerprint density at radius 1 is 1.19 bits per heavy atom. The summed E-state index contributed by atoms with van der Waals surface area (Å²) in [5, 5.41) is 4.43. The lowest BCUT2D eigenvalue weighted by Gasteiger charge is -2.09. The van der Waals surface area contributed by atoms with Crippen LogP contribution in [0.2, 0.25) is 0 Å². The number of thiocarbonyl (C=S) groups is 1. The SMILES string of the molecule is COc1ccc2nc(Sc3ccccc3)c(/C=C3\SC(=S)NC3=O)cc2c1. The van der Waals surface area contributed by atoms with Gasteiger partial charge in [-0.15, -0.1) is 0 Å². The molecule has 1 fully saturated rings. The molecule has 1 aliphatic heterocycles. The fourth-order valence-electron chi connectivity index (χ4n) is 2.63. The molecular formula is C20H14N2O2S3. The number of ether oxygens (including phenoxy) is 1. The second-order valence-electron chi connectivity index (χ2n) is 5.71. The molecule has 0 bridgehead atoms. The molecule has 1 amide bonds. The number of methoxy groups -OCH3 is 1. The fourth-order valence-corrected chi connectivity index (χ4v) is 4.56. The lowest BCUT2D eigenvalue weighted by Crippen LogP contribution is -2.17. The number of amides is 1. The fraction of sp³-hybridized carbons (Fsp3) is 0.0500. The molecule has 1 saturated heterocycles. The highest BCUT2D eigenvalue weighted by molar-refractivity contribution is 8.26. The summed E-state index contributed by atoms with van der Waals surface area (Å²) in [6, 6.07) is 17.8. The number of hydrogen-bond donors (Lipinski definition) is 1. The summed E-state index contributed by atoms with van der Waals surface area (Å²) in [4.78, 5) is 18.6. The predicted octanol–water partition coefficient (Wildman–Crippen LogP) is 4.88. The normalized spacial score (nSPS) is 15.4. The van der Waals surface area contributed by atoms with Gasteiger partial charge in [-0.3, -0.25) is 4.79 Å². The van der Waals surface area contributed by atoms with Crippen molar-refractivity contribution in [2.24, 2.45) is 0 Å². The van der Waals surface area contributed by atoms with E-state index < -0.39 is 0 Å². The number of fused-ring (bicyclic) bond motifs is 1. The van der Waals surface area contributed by atoms with Crippen molar-refractivity contribution in [3.05, 3.63) is 65.1 Å². The highest BCUT2D eigenvalue weighted by atomic mass is 32.2. The largest absolute Gasteiger partial charge is 0.497 e. The lowest BCUT2D eigenvalue weighted by atomic mass is 10.1. The van der Waals surface area contributed by atoms with Crippen molar-refractivity contribution in [3.63, 3.8) is 0 Å². The van der Waals surface area contributed by atoms with Gasteiger partial charge in [0.2, 0.25) is 0 Å². The zero-order valence-electron chi connectivity index (χ0n) is 14.3. The van der Waals surface area contributed by atoms with E-state index in [9.17, 15) is 4.79 Å². The van der Waals surface area contributed by atoms with Gasteiger partial charge >= 0.3 is 0 Å². The number of rotatable bonds is 4. The van der Waals surface area contributed by atoms with Crippen LogP contribution in [0.4, 0.5) is 0 Å². The Balaban J connectivity index is 1.84. The number of thioether (sulfide) groups is 1. The van der Waals surface area contributed by atoms with Crippen LogP contribution in [0, 0.1) is 0 Å². The van der Waals surface area contributed by atoms with Gasteiger partial charge in [-0.1, -0.05) is 53.9 Å². The first kappa shape index (κ1) is 18.0. The van der Waals surface area contributed by atoms with Crippen LogP contribution >= 0.6 is 35.7 Å². The van der Waals surface area contributed by atoms with E-state index in [1.807, 2.05) is 60.7 Å². The van der Waals surface area contributed by atoms with Crippen LogP contribution in [0.3, 0.4) is 0 Å². The number of aromatic nitrogens is 1. The summed E-state index contributed by atoms with van der Waals surface area (Å²) >= 11 is 7.92. The minimum absolute atomic E-state index is 0.175. The Bertz CT molecular complexity index is 1080. The Morgan fingerprint density at radius 3 is 2.70 bits per heavy atom. The zero-order chi connectivity index (χ0) is 18.8. The van der Waals surface area contributed by atoms with Gasteiger partial charge in [0.05, 0.1) is 17.5 Å². The minimum atomic E-state index is -0.175.